The summed E-state index contributed by atoms with van der Waals surface area (Å²) in [6.07, 6.45) is 8.74. The van der Waals surface area contributed by atoms with Crippen molar-refractivity contribution in [3.63, 3.8) is 0 Å². The summed E-state index contributed by atoms with van der Waals surface area (Å²) in [7, 11) is 0. The molecule has 5 rings (SSSR count). The van der Waals surface area contributed by atoms with Gasteiger partial charge in [0.1, 0.15) is 11.3 Å². The lowest BCUT2D eigenvalue weighted by atomic mass is 10.1. The molecule has 0 unspecified atom stereocenters. The highest BCUT2D eigenvalue weighted by Gasteiger charge is 2.23. The van der Waals surface area contributed by atoms with E-state index >= 15 is 0 Å². The zero-order chi connectivity index (χ0) is 28.1. The molecule has 1 fully saturated rings. The molecule has 0 bridgehead atoms. The Hall–Kier alpha value is -4.54. The second kappa shape index (κ2) is 12.1. The molecule has 1 aliphatic rings. The average molecular weight is 544 g/mol. The Morgan fingerprint density at radius 2 is 1.85 bits per heavy atom. The fourth-order valence-electron chi connectivity index (χ4n) is 4.82. The van der Waals surface area contributed by atoms with Gasteiger partial charge in [-0.25, -0.2) is 9.78 Å². The van der Waals surface area contributed by atoms with Gasteiger partial charge in [0.2, 0.25) is 0 Å². The largest absolute Gasteiger partial charge is 0.338 e. The molecule has 1 aliphatic heterocycles. The molecule has 3 aromatic heterocycles. The molecule has 40 heavy (non-hydrogen) atoms. The number of aromatic nitrogens is 5. The number of amides is 2. The van der Waals surface area contributed by atoms with Crippen LogP contribution >= 0.6 is 0 Å². The van der Waals surface area contributed by atoms with Gasteiger partial charge in [-0.1, -0.05) is 30.2 Å². The van der Waals surface area contributed by atoms with Gasteiger partial charge in [-0.2, -0.15) is 5.06 Å². The van der Waals surface area contributed by atoms with Crippen molar-refractivity contribution in [1.29, 1.82) is 0 Å². The SMILES string of the molecule is Cc1cc(C)n2ccc(C(=O)Nc3ccc(-c4cn(CCCCCCC(=O)ON5CCCC5=O)nn4)cc3)c2n1. The summed E-state index contributed by atoms with van der Waals surface area (Å²) in [5.41, 5.74) is 5.39. The third kappa shape index (κ3) is 6.36. The minimum Gasteiger partial charge on any atom is -0.338 e. The minimum atomic E-state index is -0.345. The lowest BCUT2D eigenvalue weighted by molar-refractivity contribution is -0.192. The maximum absolute atomic E-state index is 12.9. The van der Waals surface area contributed by atoms with E-state index in [-0.39, 0.29) is 17.8 Å². The Morgan fingerprint density at radius 3 is 2.62 bits per heavy atom. The number of unbranched alkanes of at least 4 members (excludes halogenated alkanes) is 3. The van der Waals surface area contributed by atoms with E-state index in [9.17, 15) is 14.4 Å². The van der Waals surface area contributed by atoms with Gasteiger partial charge in [0, 0.05) is 48.2 Å². The van der Waals surface area contributed by atoms with Crippen LogP contribution < -0.4 is 5.32 Å². The molecular weight excluding hydrogens is 510 g/mol. The number of hydroxylamine groups is 2. The predicted octanol–water partition coefficient (Wildman–Crippen LogP) is 4.49. The molecule has 0 spiro atoms. The molecule has 0 atom stereocenters. The fourth-order valence-corrected chi connectivity index (χ4v) is 4.82. The van der Waals surface area contributed by atoms with Crippen molar-refractivity contribution in [2.75, 3.05) is 11.9 Å². The fraction of sp³-hybridized carbons (Fsp3) is 0.379. The average Bonchev–Trinajstić information content (AvgIpc) is 3.67. The van der Waals surface area contributed by atoms with E-state index in [2.05, 4.69) is 20.6 Å². The lowest BCUT2D eigenvalue weighted by Gasteiger charge is -2.14. The maximum Gasteiger partial charge on any atom is 0.332 e. The minimum absolute atomic E-state index is 0.118. The van der Waals surface area contributed by atoms with Crippen molar-refractivity contribution >= 4 is 29.1 Å². The quantitative estimate of drug-likeness (QED) is 0.276. The Balaban J connectivity index is 1.06. The normalized spacial score (nSPS) is 13.2. The van der Waals surface area contributed by atoms with Crippen LogP contribution in [0.2, 0.25) is 0 Å². The van der Waals surface area contributed by atoms with E-state index < -0.39 is 0 Å². The molecule has 11 nitrogen and oxygen atoms in total. The van der Waals surface area contributed by atoms with Crippen LogP contribution in [0.15, 0.2) is 48.8 Å². The first-order valence-electron chi connectivity index (χ1n) is 13.7. The number of nitrogens with one attached hydrogen (secondary N) is 1. The van der Waals surface area contributed by atoms with E-state index in [4.69, 9.17) is 4.84 Å². The van der Waals surface area contributed by atoms with Crippen LogP contribution in [0.3, 0.4) is 0 Å². The topological polar surface area (TPSA) is 124 Å². The highest BCUT2D eigenvalue weighted by Crippen LogP contribution is 2.21. The van der Waals surface area contributed by atoms with Crippen LogP contribution in [0, 0.1) is 13.8 Å². The van der Waals surface area contributed by atoms with E-state index in [0.29, 0.717) is 36.3 Å². The first kappa shape index (κ1) is 27.0. The van der Waals surface area contributed by atoms with Crippen molar-refractivity contribution in [2.45, 2.75) is 65.3 Å². The summed E-state index contributed by atoms with van der Waals surface area (Å²) < 4.78 is 3.72. The van der Waals surface area contributed by atoms with Gasteiger partial charge in [0.15, 0.2) is 0 Å². The summed E-state index contributed by atoms with van der Waals surface area (Å²) in [5, 5.41) is 12.6. The van der Waals surface area contributed by atoms with Crippen LogP contribution in [0.5, 0.6) is 0 Å². The molecule has 1 aromatic carbocycles. The predicted molar refractivity (Wildman–Crippen MR) is 148 cm³/mol. The van der Waals surface area contributed by atoms with Crippen LogP contribution in [0.1, 0.15) is 66.7 Å². The molecule has 4 heterocycles. The zero-order valence-corrected chi connectivity index (χ0v) is 22.8. The number of fused-ring (bicyclic) bond motifs is 1. The number of hydrogen-bond donors (Lipinski definition) is 1. The maximum atomic E-state index is 12.9. The van der Waals surface area contributed by atoms with Gasteiger partial charge >= 0.3 is 5.97 Å². The second-order valence-electron chi connectivity index (χ2n) is 10.1. The number of benzene rings is 1. The number of carbonyl (C=O) groups is 3. The molecule has 2 amide bonds. The summed E-state index contributed by atoms with van der Waals surface area (Å²) in [4.78, 5) is 46.0. The monoisotopic (exact) mass is 543 g/mol. The molecule has 1 saturated heterocycles. The van der Waals surface area contributed by atoms with E-state index in [1.165, 1.54) is 5.06 Å². The van der Waals surface area contributed by atoms with Crippen molar-refractivity contribution in [3.8, 4) is 11.3 Å². The molecule has 0 radical (unpaired) electrons. The third-order valence-electron chi connectivity index (χ3n) is 6.92. The molecular formula is C29H33N7O4. The second-order valence-corrected chi connectivity index (χ2v) is 10.1. The zero-order valence-electron chi connectivity index (χ0n) is 22.8. The highest BCUT2D eigenvalue weighted by atomic mass is 16.7. The molecule has 11 heteroatoms. The highest BCUT2D eigenvalue weighted by molar-refractivity contribution is 6.08. The molecule has 1 N–H and O–H groups in total. The van der Waals surface area contributed by atoms with Gasteiger partial charge in [-0.05, 0) is 57.4 Å². The first-order chi connectivity index (χ1) is 19.4. The van der Waals surface area contributed by atoms with Crippen molar-refractivity contribution in [3.05, 3.63) is 65.7 Å². The first-order valence-corrected chi connectivity index (χ1v) is 13.7. The van der Waals surface area contributed by atoms with Gasteiger partial charge in [-0.15, -0.1) is 5.10 Å². The van der Waals surface area contributed by atoms with Crippen LogP contribution in [-0.4, -0.2) is 53.8 Å². The van der Waals surface area contributed by atoms with Gasteiger partial charge in [0.25, 0.3) is 11.8 Å². The Morgan fingerprint density at radius 1 is 1.05 bits per heavy atom. The van der Waals surface area contributed by atoms with Gasteiger partial charge in [-0.3, -0.25) is 14.3 Å². The Kier molecular flexibility index (Phi) is 8.18. The van der Waals surface area contributed by atoms with E-state index in [1.54, 1.807) is 6.07 Å². The van der Waals surface area contributed by atoms with Crippen LogP contribution in [0.4, 0.5) is 5.69 Å². The van der Waals surface area contributed by atoms with Gasteiger partial charge < -0.3 is 14.6 Å². The number of rotatable bonds is 11. The standard InChI is InChI=1S/C29H33N7O4/c1-20-18-21(2)35-17-14-24(28(35)30-20)29(39)31-23-12-10-22(11-13-23)25-19-34(33-32-25)15-6-4-3-5-9-27(38)40-36-16-7-8-26(36)37/h10-14,17-19H,3-9,15-16H2,1-2H3,(H,31,39). The Labute approximate surface area is 232 Å². The van der Waals surface area contributed by atoms with Crippen molar-refractivity contribution < 1.29 is 19.2 Å². The summed E-state index contributed by atoms with van der Waals surface area (Å²) >= 11 is 0. The molecule has 4 aromatic rings. The molecule has 0 saturated carbocycles. The van der Waals surface area contributed by atoms with Crippen molar-refractivity contribution in [1.82, 2.24) is 29.4 Å². The number of aryl methyl sites for hydroxylation is 3. The van der Waals surface area contributed by atoms with Crippen LogP contribution in [0.25, 0.3) is 16.9 Å². The van der Waals surface area contributed by atoms with Crippen molar-refractivity contribution in [2.24, 2.45) is 0 Å². The molecule has 208 valence electrons. The number of nitrogens with zero attached hydrogens (tertiary/aromatic N) is 6. The summed E-state index contributed by atoms with van der Waals surface area (Å²) in [6.45, 7) is 5.13. The third-order valence-corrected chi connectivity index (χ3v) is 6.92. The number of hydrogen-bond acceptors (Lipinski definition) is 7. The number of anilines is 1. The van der Waals surface area contributed by atoms with E-state index in [1.807, 2.05) is 65.7 Å². The number of carbonyl (C=O) groups excluding carboxylic acids is 3. The molecule has 0 aliphatic carbocycles. The Bertz CT molecular complexity index is 1520. The van der Waals surface area contributed by atoms with Gasteiger partial charge in [0.05, 0.1) is 18.3 Å². The lowest BCUT2D eigenvalue weighted by Crippen LogP contribution is -2.28. The summed E-state index contributed by atoms with van der Waals surface area (Å²) in [5.74, 6) is -0.673. The van der Waals surface area contributed by atoms with Crippen LogP contribution in [-0.2, 0) is 21.0 Å². The smallest absolute Gasteiger partial charge is 0.332 e. The van der Waals surface area contributed by atoms with E-state index in [0.717, 1.165) is 61.3 Å². The summed E-state index contributed by atoms with van der Waals surface area (Å²) in [6, 6.07) is 11.3.